The van der Waals surface area contributed by atoms with Crippen molar-refractivity contribution in [2.75, 3.05) is 6.54 Å². The monoisotopic (exact) mass is 122 g/mol. The fourth-order valence-corrected chi connectivity index (χ4v) is 1.30. The molecule has 0 aromatic carbocycles. The molecule has 2 aliphatic heterocycles. The zero-order chi connectivity index (χ0) is 6.10. The first-order valence-corrected chi connectivity index (χ1v) is 3.40. The lowest BCUT2D eigenvalue weighted by Crippen LogP contribution is -2.41. The molecular formula is C7H10N2. The summed E-state index contributed by atoms with van der Waals surface area (Å²) in [6, 6.07) is 0.457. The summed E-state index contributed by atoms with van der Waals surface area (Å²) in [7, 11) is 0. The van der Waals surface area contributed by atoms with Gasteiger partial charge in [0.1, 0.15) is 0 Å². The zero-order valence-electron chi connectivity index (χ0n) is 5.30. The van der Waals surface area contributed by atoms with E-state index in [1.807, 2.05) is 6.20 Å². The van der Waals surface area contributed by atoms with Gasteiger partial charge in [-0.05, 0) is 18.9 Å². The van der Waals surface area contributed by atoms with Gasteiger partial charge in [-0.25, -0.2) is 5.01 Å². The molecule has 1 atom stereocenters. The SMILES string of the molecule is [C]1CCCN2NC=CC12. The van der Waals surface area contributed by atoms with Crippen molar-refractivity contribution in [1.82, 2.24) is 10.4 Å². The standard InChI is InChI=1S/C7H10N2/c1-2-6-9-7(3-1)4-5-8-9/h4-5,7-8H,1-2,6H2. The number of nitrogens with one attached hydrogen (secondary N) is 1. The van der Waals surface area contributed by atoms with Crippen LogP contribution in [0.25, 0.3) is 0 Å². The van der Waals surface area contributed by atoms with Gasteiger partial charge >= 0.3 is 0 Å². The summed E-state index contributed by atoms with van der Waals surface area (Å²) in [5.74, 6) is 0. The average molecular weight is 122 g/mol. The van der Waals surface area contributed by atoms with Crippen molar-refractivity contribution in [3.05, 3.63) is 18.7 Å². The van der Waals surface area contributed by atoms with E-state index in [1.165, 1.54) is 6.42 Å². The van der Waals surface area contributed by atoms with Gasteiger partial charge in [-0.2, -0.15) is 0 Å². The van der Waals surface area contributed by atoms with Gasteiger partial charge in [0.05, 0.1) is 6.04 Å². The molecule has 1 N–H and O–H groups in total. The predicted molar refractivity (Wildman–Crippen MR) is 35.2 cm³/mol. The van der Waals surface area contributed by atoms with Crippen LogP contribution >= 0.6 is 0 Å². The fraction of sp³-hybridized carbons (Fsp3) is 0.571. The topological polar surface area (TPSA) is 15.3 Å². The lowest BCUT2D eigenvalue weighted by atomic mass is 10.1. The molecule has 1 fully saturated rings. The van der Waals surface area contributed by atoms with Crippen LogP contribution in [0.2, 0.25) is 0 Å². The molecule has 2 aliphatic rings. The molecule has 1 saturated heterocycles. The summed E-state index contributed by atoms with van der Waals surface area (Å²) in [5, 5.41) is 2.20. The van der Waals surface area contributed by atoms with Crippen molar-refractivity contribution in [2.24, 2.45) is 0 Å². The highest BCUT2D eigenvalue weighted by molar-refractivity contribution is 5.07. The third-order valence-corrected chi connectivity index (χ3v) is 1.78. The third kappa shape index (κ3) is 0.833. The van der Waals surface area contributed by atoms with Gasteiger partial charge in [0, 0.05) is 19.2 Å². The number of hydrogen-bond acceptors (Lipinski definition) is 2. The number of hydrogen-bond donors (Lipinski definition) is 1. The van der Waals surface area contributed by atoms with E-state index in [1.54, 1.807) is 0 Å². The van der Waals surface area contributed by atoms with Crippen molar-refractivity contribution in [1.29, 1.82) is 0 Å². The Labute approximate surface area is 55.5 Å². The van der Waals surface area contributed by atoms with Crippen LogP contribution in [0.3, 0.4) is 0 Å². The third-order valence-electron chi connectivity index (χ3n) is 1.78. The lowest BCUT2D eigenvalue weighted by Gasteiger charge is -2.27. The first-order chi connectivity index (χ1) is 4.47. The lowest BCUT2D eigenvalue weighted by molar-refractivity contribution is 0.190. The predicted octanol–water partition coefficient (Wildman–Crippen LogP) is 0.564. The minimum atomic E-state index is 0.457. The highest BCUT2D eigenvalue weighted by Crippen LogP contribution is 2.17. The molecule has 0 aliphatic carbocycles. The van der Waals surface area contributed by atoms with E-state index in [4.69, 9.17) is 0 Å². The summed E-state index contributed by atoms with van der Waals surface area (Å²) >= 11 is 0. The molecule has 2 heteroatoms. The highest BCUT2D eigenvalue weighted by Gasteiger charge is 2.22. The highest BCUT2D eigenvalue weighted by atomic mass is 15.5. The van der Waals surface area contributed by atoms with E-state index in [2.05, 4.69) is 22.9 Å². The Morgan fingerprint density at radius 3 is 3.56 bits per heavy atom. The normalized spacial score (nSPS) is 34.0. The molecule has 2 rings (SSSR count). The van der Waals surface area contributed by atoms with Crippen molar-refractivity contribution >= 4 is 0 Å². The van der Waals surface area contributed by atoms with Gasteiger partial charge in [-0.1, -0.05) is 0 Å². The maximum atomic E-state index is 3.36. The summed E-state index contributed by atoms with van der Waals surface area (Å²) in [4.78, 5) is 0. The number of piperidine rings is 1. The van der Waals surface area contributed by atoms with E-state index in [9.17, 15) is 0 Å². The van der Waals surface area contributed by atoms with E-state index >= 15 is 0 Å². The summed E-state index contributed by atoms with van der Waals surface area (Å²) in [6.45, 7) is 1.16. The average Bonchev–Trinajstić information content (AvgIpc) is 2.33. The van der Waals surface area contributed by atoms with Crippen molar-refractivity contribution in [3.8, 4) is 0 Å². The van der Waals surface area contributed by atoms with E-state index in [0.717, 1.165) is 13.0 Å². The fourth-order valence-electron chi connectivity index (χ4n) is 1.30. The molecule has 0 bridgehead atoms. The molecule has 48 valence electrons. The number of hydrazine groups is 1. The molecule has 0 amide bonds. The smallest absolute Gasteiger partial charge is 0.0557 e. The van der Waals surface area contributed by atoms with Crippen LogP contribution in [0.5, 0.6) is 0 Å². The van der Waals surface area contributed by atoms with Crippen molar-refractivity contribution in [3.63, 3.8) is 0 Å². The van der Waals surface area contributed by atoms with Crippen molar-refractivity contribution in [2.45, 2.75) is 18.9 Å². The van der Waals surface area contributed by atoms with Crippen LogP contribution in [0.4, 0.5) is 0 Å². The minimum absolute atomic E-state index is 0.457. The maximum absolute atomic E-state index is 3.36. The van der Waals surface area contributed by atoms with Gasteiger partial charge in [0.15, 0.2) is 0 Å². The van der Waals surface area contributed by atoms with E-state index in [-0.39, 0.29) is 0 Å². The molecule has 1 unspecified atom stereocenters. The summed E-state index contributed by atoms with van der Waals surface area (Å²) < 4.78 is 0. The largest absolute Gasteiger partial charge is 0.326 e. The van der Waals surface area contributed by atoms with Gasteiger partial charge in [-0.3, -0.25) is 0 Å². The van der Waals surface area contributed by atoms with Crippen LogP contribution in [0.1, 0.15) is 12.8 Å². The molecule has 0 saturated carbocycles. The van der Waals surface area contributed by atoms with Gasteiger partial charge in [0.2, 0.25) is 0 Å². The summed E-state index contributed by atoms with van der Waals surface area (Å²) in [6.07, 6.45) is 9.87. The van der Waals surface area contributed by atoms with Gasteiger partial charge in [0.25, 0.3) is 0 Å². The first kappa shape index (κ1) is 5.30. The minimum Gasteiger partial charge on any atom is -0.326 e. The zero-order valence-corrected chi connectivity index (χ0v) is 5.30. The van der Waals surface area contributed by atoms with Crippen LogP contribution in [-0.4, -0.2) is 17.6 Å². The quantitative estimate of drug-likeness (QED) is 0.505. The Balaban J connectivity index is 2.03. The Morgan fingerprint density at radius 2 is 2.67 bits per heavy atom. The molecular weight excluding hydrogens is 112 g/mol. The Kier molecular flexibility index (Phi) is 1.19. The molecule has 2 radical (unpaired) electrons. The molecule has 2 nitrogen and oxygen atoms in total. The maximum Gasteiger partial charge on any atom is 0.0557 e. The van der Waals surface area contributed by atoms with Crippen molar-refractivity contribution < 1.29 is 0 Å². The van der Waals surface area contributed by atoms with Crippen LogP contribution in [-0.2, 0) is 0 Å². The Morgan fingerprint density at radius 1 is 1.67 bits per heavy atom. The number of nitrogens with zero attached hydrogens (tertiary/aromatic N) is 1. The van der Waals surface area contributed by atoms with Gasteiger partial charge in [-0.15, -0.1) is 0 Å². The second kappa shape index (κ2) is 2.03. The number of fused-ring (bicyclic) bond motifs is 1. The van der Waals surface area contributed by atoms with E-state index < -0.39 is 0 Å². The van der Waals surface area contributed by atoms with Crippen LogP contribution in [0.15, 0.2) is 12.3 Å². The van der Waals surface area contributed by atoms with Crippen LogP contribution in [0, 0.1) is 6.42 Å². The molecule has 2 heterocycles. The molecule has 0 aromatic rings. The number of rotatable bonds is 0. The molecule has 0 spiro atoms. The van der Waals surface area contributed by atoms with Gasteiger partial charge < -0.3 is 5.43 Å². The first-order valence-electron chi connectivity index (χ1n) is 3.40. The Hall–Kier alpha value is -0.500. The molecule has 9 heavy (non-hydrogen) atoms. The molecule has 0 aromatic heterocycles. The van der Waals surface area contributed by atoms with Crippen LogP contribution < -0.4 is 5.43 Å². The second-order valence-electron chi connectivity index (χ2n) is 2.43. The second-order valence-corrected chi connectivity index (χ2v) is 2.43. The Bertz CT molecular complexity index is 131. The summed E-state index contributed by atoms with van der Waals surface area (Å²) in [5.41, 5.74) is 3.15. The van der Waals surface area contributed by atoms with E-state index in [0.29, 0.717) is 6.04 Å².